The van der Waals surface area contributed by atoms with Gasteiger partial charge in [-0.05, 0) is 47.3 Å². The molecule has 0 spiro atoms. The SMILES string of the molecule is O=C(Nc1ccn(Cc2ccc(Cl)cc2)n1)c1cc(COc2cccc(Cl)c2)cs1. The van der Waals surface area contributed by atoms with Crippen LogP contribution in [-0.4, -0.2) is 15.7 Å². The highest BCUT2D eigenvalue weighted by atomic mass is 35.5. The van der Waals surface area contributed by atoms with Gasteiger partial charge in [-0.25, -0.2) is 0 Å². The largest absolute Gasteiger partial charge is 0.489 e. The van der Waals surface area contributed by atoms with Crippen molar-refractivity contribution in [3.63, 3.8) is 0 Å². The lowest BCUT2D eigenvalue weighted by Gasteiger charge is -2.04. The number of aromatic nitrogens is 2. The predicted molar refractivity (Wildman–Crippen MR) is 121 cm³/mol. The quantitative estimate of drug-likeness (QED) is 0.363. The third kappa shape index (κ3) is 5.42. The van der Waals surface area contributed by atoms with Gasteiger partial charge in [0, 0.05) is 27.9 Å². The van der Waals surface area contributed by atoms with Crippen molar-refractivity contribution in [2.24, 2.45) is 0 Å². The number of hydrogen-bond donors (Lipinski definition) is 1. The molecule has 0 aliphatic heterocycles. The fourth-order valence-corrected chi connectivity index (χ4v) is 3.86. The molecule has 152 valence electrons. The summed E-state index contributed by atoms with van der Waals surface area (Å²) in [5, 5.41) is 10.4. The average Bonchev–Trinajstić information content (AvgIpc) is 3.38. The van der Waals surface area contributed by atoms with Gasteiger partial charge in [-0.1, -0.05) is 41.4 Å². The summed E-state index contributed by atoms with van der Waals surface area (Å²) in [6, 6.07) is 18.4. The fourth-order valence-electron chi connectivity index (χ4n) is 2.77. The Kier molecular flexibility index (Phi) is 6.38. The summed E-state index contributed by atoms with van der Waals surface area (Å²) in [6.07, 6.45) is 1.82. The Bertz CT molecular complexity index is 1160. The topological polar surface area (TPSA) is 56.2 Å². The highest BCUT2D eigenvalue weighted by Crippen LogP contribution is 2.21. The highest BCUT2D eigenvalue weighted by molar-refractivity contribution is 7.12. The van der Waals surface area contributed by atoms with Gasteiger partial charge in [-0.2, -0.15) is 5.10 Å². The molecule has 1 amide bonds. The summed E-state index contributed by atoms with van der Waals surface area (Å²) in [5.74, 6) is 0.982. The van der Waals surface area contributed by atoms with Crippen LogP contribution in [0.4, 0.5) is 5.82 Å². The summed E-state index contributed by atoms with van der Waals surface area (Å²) in [5.41, 5.74) is 1.99. The van der Waals surface area contributed by atoms with Gasteiger partial charge in [-0.3, -0.25) is 9.48 Å². The summed E-state index contributed by atoms with van der Waals surface area (Å²) >= 11 is 13.2. The molecule has 0 unspecified atom stereocenters. The van der Waals surface area contributed by atoms with Crippen molar-refractivity contribution in [3.05, 3.63) is 98.3 Å². The van der Waals surface area contributed by atoms with Crippen molar-refractivity contribution < 1.29 is 9.53 Å². The van der Waals surface area contributed by atoms with Crippen LogP contribution >= 0.6 is 34.5 Å². The molecule has 8 heteroatoms. The maximum Gasteiger partial charge on any atom is 0.266 e. The van der Waals surface area contributed by atoms with E-state index in [-0.39, 0.29) is 5.91 Å². The van der Waals surface area contributed by atoms with Gasteiger partial charge >= 0.3 is 0 Å². The molecule has 0 radical (unpaired) electrons. The van der Waals surface area contributed by atoms with Gasteiger partial charge in [0.25, 0.3) is 5.91 Å². The molecule has 1 N–H and O–H groups in total. The lowest BCUT2D eigenvalue weighted by atomic mass is 10.2. The van der Waals surface area contributed by atoms with E-state index in [0.29, 0.717) is 39.6 Å². The summed E-state index contributed by atoms with van der Waals surface area (Å²) in [4.78, 5) is 13.1. The van der Waals surface area contributed by atoms with Crippen molar-refractivity contribution in [1.29, 1.82) is 0 Å². The van der Waals surface area contributed by atoms with Crippen LogP contribution < -0.4 is 10.1 Å². The first kappa shape index (κ1) is 20.5. The second-order valence-electron chi connectivity index (χ2n) is 6.54. The highest BCUT2D eigenvalue weighted by Gasteiger charge is 2.12. The standard InChI is InChI=1S/C22H17Cl2N3O2S/c23-17-6-4-15(5-7-17)12-27-9-8-21(26-27)25-22(28)20-10-16(14-30-20)13-29-19-3-1-2-18(24)11-19/h1-11,14H,12-13H2,(H,25,26,28). The fraction of sp³-hybridized carbons (Fsp3) is 0.0909. The van der Waals surface area contributed by atoms with E-state index in [1.54, 1.807) is 22.9 Å². The van der Waals surface area contributed by atoms with Crippen LogP contribution in [0.25, 0.3) is 0 Å². The third-order valence-corrected chi connectivity index (χ3v) is 5.68. The Morgan fingerprint density at radius 3 is 2.67 bits per heavy atom. The van der Waals surface area contributed by atoms with Gasteiger partial charge in [0.15, 0.2) is 5.82 Å². The molecule has 4 rings (SSSR count). The molecule has 0 aliphatic carbocycles. The second-order valence-corrected chi connectivity index (χ2v) is 8.33. The van der Waals surface area contributed by atoms with E-state index >= 15 is 0 Å². The number of anilines is 1. The van der Waals surface area contributed by atoms with E-state index in [0.717, 1.165) is 11.1 Å². The molecule has 2 heterocycles. The van der Waals surface area contributed by atoms with Gasteiger partial charge in [-0.15, -0.1) is 11.3 Å². The number of nitrogens with one attached hydrogen (secondary N) is 1. The van der Waals surface area contributed by atoms with E-state index in [4.69, 9.17) is 27.9 Å². The number of rotatable bonds is 7. The van der Waals surface area contributed by atoms with Crippen molar-refractivity contribution in [2.75, 3.05) is 5.32 Å². The number of thiophene rings is 1. The molecule has 0 fully saturated rings. The van der Waals surface area contributed by atoms with Crippen LogP contribution in [0.1, 0.15) is 20.8 Å². The Labute approximate surface area is 187 Å². The Balaban J connectivity index is 1.33. The van der Waals surface area contributed by atoms with Crippen molar-refractivity contribution >= 4 is 46.3 Å². The summed E-state index contributed by atoms with van der Waals surface area (Å²) in [6.45, 7) is 0.955. The third-order valence-electron chi connectivity index (χ3n) is 4.22. The molecule has 0 atom stereocenters. The lowest BCUT2D eigenvalue weighted by Crippen LogP contribution is -2.11. The van der Waals surface area contributed by atoms with Gasteiger partial charge in [0.05, 0.1) is 11.4 Å². The smallest absolute Gasteiger partial charge is 0.266 e. The molecular formula is C22H17Cl2N3O2S. The number of amides is 1. The lowest BCUT2D eigenvalue weighted by molar-refractivity contribution is 0.103. The summed E-state index contributed by atoms with van der Waals surface area (Å²) in [7, 11) is 0. The van der Waals surface area contributed by atoms with Crippen LogP contribution in [0.3, 0.4) is 0 Å². The van der Waals surface area contributed by atoms with E-state index in [9.17, 15) is 4.79 Å². The Morgan fingerprint density at radius 2 is 1.87 bits per heavy atom. The molecule has 0 aliphatic rings. The maximum absolute atomic E-state index is 12.5. The molecule has 0 saturated carbocycles. The van der Waals surface area contributed by atoms with Crippen LogP contribution in [0, 0.1) is 0 Å². The predicted octanol–water partition coefficient (Wildman–Crippen LogP) is 6.13. The van der Waals surface area contributed by atoms with Crippen molar-refractivity contribution in [2.45, 2.75) is 13.2 Å². The van der Waals surface area contributed by atoms with Crippen LogP contribution in [-0.2, 0) is 13.2 Å². The van der Waals surface area contributed by atoms with Gasteiger partial charge in [0.1, 0.15) is 12.4 Å². The molecule has 2 aromatic heterocycles. The van der Waals surface area contributed by atoms with E-state index in [2.05, 4.69) is 10.4 Å². The average molecular weight is 458 g/mol. The number of carbonyl (C=O) groups is 1. The van der Waals surface area contributed by atoms with Gasteiger partial charge in [0.2, 0.25) is 0 Å². The van der Waals surface area contributed by atoms with E-state index < -0.39 is 0 Å². The number of hydrogen-bond acceptors (Lipinski definition) is 4. The van der Waals surface area contributed by atoms with Gasteiger partial charge < -0.3 is 10.1 Å². The minimum absolute atomic E-state index is 0.203. The first-order valence-electron chi connectivity index (χ1n) is 9.10. The second kappa shape index (κ2) is 9.34. The molecule has 0 saturated heterocycles. The number of halogens is 2. The van der Waals surface area contributed by atoms with Crippen LogP contribution in [0.5, 0.6) is 5.75 Å². The minimum atomic E-state index is -0.203. The number of carbonyl (C=O) groups excluding carboxylic acids is 1. The zero-order valence-corrected chi connectivity index (χ0v) is 18.0. The molecular weight excluding hydrogens is 441 g/mol. The van der Waals surface area contributed by atoms with Crippen molar-refractivity contribution in [3.8, 4) is 5.75 Å². The van der Waals surface area contributed by atoms with Crippen LogP contribution in [0.15, 0.2) is 72.2 Å². The zero-order valence-electron chi connectivity index (χ0n) is 15.7. The zero-order chi connectivity index (χ0) is 20.9. The van der Waals surface area contributed by atoms with E-state index in [1.807, 2.05) is 54.0 Å². The first-order chi connectivity index (χ1) is 14.5. The monoisotopic (exact) mass is 457 g/mol. The van der Waals surface area contributed by atoms with Crippen molar-refractivity contribution in [1.82, 2.24) is 9.78 Å². The Hall–Kier alpha value is -2.80. The molecule has 30 heavy (non-hydrogen) atoms. The summed E-state index contributed by atoms with van der Waals surface area (Å²) < 4.78 is 7.48. The molecule has 4 aromatic rings. The van der Waals surface area contributed by atoms with Crippen LogP contribution in [0.2, 0.25) is 10.0 Å². The number of benzene rings is 2. The molecule has 2 aromatic carbocycles. The minimum Gasteiger partial charge on any atom is -0.489 e. The Morgan fingerprint density at radius 1 is 1.03 bits per heavy atom. The normalized spacial score (nSPS) is 10.7. The maximum atomic E-state index is 12.5. The number of nitrogens with zero attached hydrogens (tertiary/aromatic N) is 2. The number of ether oxygens (including phenoxy) is 1. The van der Waals surface area contributed by atoms with E-state index in [1.165, 1.54) is 11.3 Å². The first-order valence-corrected chi connectivity index (χ1v) is 10.7. The molecule has 5 nitrogen and oxygen atoms in total. The molecule has 0 bridgehead atoms.